The van der Waals surface area contributed by atoms with Gasteiger partial charge in [-0.05, 0) is 36.3 Å². The molecule has 1 aliphatic carbocycles. The van der Waals surface area contributed by atoms with E-state index in [0.717, 1.165) is 13.1 Å². The lowest BCUT2D eigenvalue weighted by Crippen LogP contribution is -2.32. The largest absolute Gasteiger partial charge is 0.356 e. The highest BCUT2D eigenvalue weighted by atomic mass is 16.1. The number of aryl methyl sites for hydroxylation is 1. The van der Waals surface area contributed by atoms with Crippen LogP contribution < -0.4 is 10.6 Å². The van der Waals surface area contributed by atoms with Crippen molar-refractivity contribution in [1.29, 1.82) is 0 Å². The molecule has 0 heterocycles. The predicted octanol–water partition coefficient (Wildman–Crippen LogP) is 2.82. The van der Waals surface area contributed by atoms with Gasteiger partial charge >= 0.3 is 0 Å². The number of carbonyl (C=O) groups excluding carboxylic acids is 1. The molecule has 0 saturated carbocycles. The Bertz CT molecular complexity index is 442. The molecule has 3 nitrogen and oxygen atoms in total. The van der Waals surface area contributed by atoms with Gasteiger partial charge in [0.2, 0.25) is 5.91 Å². The van der Waals surface area contributed by atoms with E-state index in [4.69, 9.17) is 0 Å². The predicted molar refractivity (Wildman–Crippen MR) is 82.6 cm³/mol. The van der Waals surface area contributed by atoms with Gasteiger partial charge in [-0.25, -0.2) is 0 Å². The zero-order valence-electron chi connectivity index (χ0n) is 12.6. The highest BCUT2D eigenvalue weighted by molar-refractivity contribution is 5.76. The Labute approximate surface area is 122 Å². The van der Waals surface area contributed by atoms with Crippen molar-refractivity contribution in [2.24, 2.45) is 5.92 Å². The molecule has 1 amide bonds. The number of nitrogens with one attached hydrogen (secondary N) is 2. The van der Waals surface area contributed by atoms with E-state index >= 15 is 0 Å². The van der Waals surface area contributed by atoms with Crippen molar-refractivity contribution >= 4 is 5.91 Å². The topological polar surface area (TPSA) is 41.1 Å². The molecule has 0 bridgehead atoms. The molecule has 1 aliphatic rings. The molecule has 0 fully saturated rings. The summed E-state index contributed by atoms with van der Waals surface area (Å²) in [4.78, 5) is 11.7. The molecule has 0 aliphatic heterocycles. The van der Waals surface area contributed by atoms with Crippen LogP contribution in [0.25, 0.3) is 0 Å². The smallest absolute Gasteiger partial charge is 0.221 e. The van der Waals surface area contributed by atoms with Crippen molar-refractivity contribution < 1.29 is 4.79 Å². The van der Waals surface area contributed by atoms with Crippen molar-refractivity contribution in [1.82, 2.24) is 10.6 Å². The fourth-order valence-corrected chi connectivity index (χ4v) is 2.73. The Morgan fingerprint density at radius 2 is 2.15 bits per heavy atom. The van der Waals surface area contributed by atoms with Gasteiger partial charge in [0.05, 0.1) is 0 Å². The van der Waals surface area contributed by atoms with E-state index in [1.807, 2.05) is 0 Å². The minimum absolute atomic E-state index is 0.148. The summed E-state index contributed by atoms with van der Waals surface area (Å²) >= 11 is 0. The van der Waals surface area contributed by atoms with E-state index in [0.29, 0.717) is 18.4 Å². The Morgan fingerprint density at radius 3 is 2.95 bits per heavy atom. The fourth-order valence-electron chi connectivity index (χ4n) is 2.73. The SMILES string of the molecule is CC(C)CNC(=O)CCNC1CCCc2ccccc21. The van der Waals surface area contributed by atoms with E-state index < -0.39 is 0 Å². The van der Waals surface area contributed by atoms with E-state index in [1.165, 1.54) is 30.4 Å². The van der Waals surface area contributed by atoms with Crippen LogP contribution in [0.3, 0.4) is 0 Å². The molecule has 1 unspecified atom stereocenters. The quantitative estimate of drug-likeness (QED) is 0.837. The van der Waals surface area contributed by atoms with Crippen molar-refractivity contribution in [2.75, 3.05) is 13.1 Å². The normalized spacial score (nSPS) is 17.9. The van der Waals surface area contributed by atoms with E-state index in [2.05, 4.69) is 48.7 Å². The van der Waals surface area contributed by atoms with Crippen molar-refractivity contribution in [3.05, 3.63) is 35.4 Å². The summed E-state index contributed by atoms with van der Waals surface area (Å²) in [7, 11) is 0. The van der Waals surface area contributed by atoms with Crippen molar-refractivity contribution in [2.45, 2.75) is 45.6 Å². The molecule has 2 N–H and O–H groups in total. The van der Waals surface area contributed by atoms with Crippen LogP contribution in [0, 0.1) is 5.92 Å². The molecule has 0 saturated heterocycles. The maximum atomic E-state index is 11.7. The maximum Gasteiger partial charge on any atom is 0.221 e. The second kappa shape index (κ2) is 7.44. The summed E-state index contributed by atoms with van der Waals surface area (Å²) in [6.07, 6.45) is 4.15. The summed E-state index contributed by atoms with van der Waals surface area (Å²) < 4.78 is 0. The van der Waals surface area contributed by atoms with Gasteiger partial charge in [0.15, 0.2) is 0 Å². The van der Waals surface area contributed by atoms with Gasteiger partial charge in [0.25, 0.3) is 0 Å². The zero-order valence-corrected chi connectivity index (χ0v) is 12.6. The standard InChI is InChI=1S/C17H26N2O/c1-13(2)12-19-17(20)10-11-18-16-9-5-7-14-6-3-4-8-15(14)16/h3-4,6,8,13,16,18H,5,7,9-12H2,1-2H3,(H,19,20). The van der Waals surface area contributed by atoms with Gasteiger partial charge in [-0.15, -0.1) is 0 Å². The van der Waals surface area contributed by atoms with Crippen LogP contribution in [0.15, 0.2) is 24.3 Å². The van der Waals surface area contributed by atoms with Gasteiger partial charge in [-0.3, -0.25) is 4.79 Å². The number of hydrogen-bond donors (Lipinski definition) is 2. The Hall–Kier alpha value is -1.35. The number of benzene rings is 1. The van der Waals surface area contributed by atoms with E-state index in [-0.39, 0.29) is 5.91 Å². The fraction of sp³-hybridized carbons (Fsp3) is 0.588. The third kappa shape index (κ3) is 4.34. The highest BCUT2D eigenvalue weighted by Gasteiger charge is 2.18. The molecule has 0 aromatic heterocycles. The molecule has 110 valence electrons. The molecular formula is C17H26N2O. The molecule has 0 spiro atoms. The molecule has 1 atom stereocenters. The summed E-state index contributed by atoms with van der Waals surface area (Å²) in [6.45, 7) is 5.74. The van der Waals surface area contributed by atoms with Crippen LogP contribution in [0.4, 0.5) is 0 Å². The highest BCUT2D eigenvalue weighted by Crippen LogP contribution is 2.29. The average molecular weight is 274 g/mol. The van der Waals surface area contributed by atoms with E-state index in [9.17, 15) is 4.79 Å². The molecule has 20 heavy (non-hydrogen) atoms. The minimum atomic E-state index is 0.148. The third-order valence-electron chi connectivity index (χ3n) is 3.82. The number of rotatable bonds is 6. The number of hydrogen-bond acceptors (Lipinski definition) is 2. The van der Waals surface area contributed by atoms with Gasteiger partial charge in [-0.1, -0.05) is 38.1 Å². The van der Waals surface area contributed by atoms with Gasteiger partial charge in [-0.2, -0.15) is 0 Å². The van der Waals surface area contributed by atoms with Crippen LogP contribution in [0.2, 0.25) is 0 Å². The second-order valence-electron chi connectivity index (χ2n) is 6.05. The van der Waals surface area contributed by atoms with Crippen LogP contribution in [-0.4, -0.2) is 19.0 Å². The molecule has 2 rings (SSSR count). The lowest BCUT2D eigenvalue weighted by Gasteiger charge is -2.26. The first-order chi connectivity index (χ1) is 9.66. The van der Waals surface area contributed by atoms with Gasteiger partial charge < -0.3 is 10.6 Å². The molecule has 0 radical (unpaired) electrons. The van der Waals surface area contributed by atoms with Crippen molar-refractivity contribution in [3.63, 3.8) is 0 Å². The Kier molecular flexibility index (Phi) is 5.60. The first kappa shape index (κ1) is 15.0. The Balaban J connectivity index is 1.77. The maximum absolute atomic E-state index is 11.7. The zero-order chi connectivity index (χ0) is 14.4. The van der Waals surface area contributed by atoms with Crippen LogP contribution in [-0.2, 0) is 11.2 Å². The number of carbonyl (C=O) groups is 1. The van der Waals surface area contributed by atoms with E-state index in [1.54, 1.807) is 0 Å². The molecular weight excluding hydrogens is 248 g/mol. The number of fused-ring (bicyclic) bond motifs is 1. The summed E-state index contributed by atoms with van der Waals surface area (Å²) in [5.74, 6) is 0.660. The number of amides is 1. The molecule has 1 aromatic carbocycles. The average Bonchev–Trinajstić information content (AvgIpc) is 2.45. The second-order valence-corrected chi connectivity index (χ2v) is 6.05. The minimum Gasteiger partial charge on any atom is -0.356 e. The third-order valence-corrected chi connectivity index (χ3v) is 3.82. The monoisotopic (exact) mass is 274 g/mol. The van der Waals surface area contributed by atoms with Crippen LogP contribution in [0.5, 0.6) is 0 Å². The summed E-state index contributed by atoms with van der Waals surface area (Å²) in [6, 6.07) is 9.07. The molecule has 3 heteroatoms. The lowest BCUT2D eigenvalue weighted by molar-refractivity contribution is -0.121. The summed E-state index contributed by atoms with van der Waals surface area (Å²) in [5.41, 5.74) is 2.88. The van der Waals surface area contributed by atoms with Crippen LogP contribution >= 0.6 is 0 Å². The van der Waals surface area contributed by atoms with Gasteiger partial charge in [0, 0.05) is 25.6 Å². The van der Waals surface area contributed by atoms with Crippen molar-refractivity contribution in [3.8, 4) is 0 Å². The first-order valence-electron chi connectivity index (χ1n) is 7.74. The first-order valence-corrected chi connectivity index (χ1v) is 7.74. The summed E-state index contributed by atoms with van der Waals surface area (Å²) in [5, 5.41) is 6.50. The molecule has 1 aromatic rings. The van der Waals surface area contributed by atoms with Crippen LogP contribution in [0.1, 0.15) is 50.3 Å². The lowest BCUT2D eigenvalue weighted by atomic mass is 9.88. The van der Waals surface area contributed by atoms with Gasteiger partial charge in [0.1, 0.15) is 0 Å². The Morgan fingerprint density at radius 1 is 1.35 bits per heavy atom.